The molecule has 18 heavy (non-hydrogen) atoms. The van der Waals surface area contributed by atoms with Gasteiger partial charge in [0.15, 0.2) is 0 Å². The van der Waals surface area contributed by atoms with Crippen molar-refractivity contribution >= 4 is 0 Å². The van der Waals surface area contributed by atoms with Gasteiger partial charge < -0.3 is 14.8 Å². The van der Waals surface area contributed by atoms with Crippen molar-refractivity contribution in [1.82, 2.24) is 15.1 Å². The number of aromatic nitrogens is 2. The lowest BCUT2D eigenvalue weighted by Gasteiger charge is -2.40. The molecule has 0 radical (unpaired) electrons. The van der Waals surface area contributed by atoms with Crippen LogP contribution in [0.25, 0.3) is 0 Å². The second kappa shape index (κ2) is 5.28. The van der Waals surface area contributed by atoms with Crippen LogP contribution in [-0.2, 0) is 18.3 Å². The van der Waals surface area contributed by atoms with Gasteiger partial charge in [-0.3, -0.25) is 0 Å². The van der Waals surface area contributed by atoms with Crippen molar-refractivity contribution in [2.24, 2.45) is 7.05 Å². The molecule has 0 bridgehead atoms. The van der Waals surface area contributed by atoms with Crippen LogP contribution < -0.4 is 10.1 Å². The number of hydrogen-bond donors (Lipinski definition) is 1. The van der Waals surface area contributed by atoms with Crippen LogP contribution in [0.3, 0.4) is 0 Å². The van der Waals surface area contributed by atoms with Crippen molar-refractivity contribution in [3.05, 3.63) is 11.3 Å². The van der Waals surface area contributed by atoms with E-state index in [1.165, 1.54) is 6.42 Å². The molecule has 0 unspecified atom stereocenters. The number of methoxy groups -OCH3 is 2. The van der Waals surface area contributed by atoms with Crippen molar-refractivity contribution < 1.29 is 9.47 Å². The standard InChI is InChI=1S/C13H23N3O2/c1-10-11(12(17-3)16(2)15-10)8-14-9-13(18-4)6-5-7-13/h14H,5-9H2,1-4H3. The predicted molar refractivity (Wildman–Crippen MR) is 69.8 cm³/mol. The molecule has 2 rings (SSSR count). The second-order valence-corrected chi connectivity index (χ2v) is 5.04. The molecule has 1 aliphatic rings. The molecule has 0 spiro atoms. The zero-order chi connectivity index (χ0) is 13.2. The number of hydrogen-bond acceptors (Lipinski definition) is 4. The van der Waals surface area contributed by atoms with Gasteiger partial charge in [-0.05, 0) is 26.2 Å². The lowest BCUT2D eigenvalue weighted by atomic mass is 9.80. The Balaban J connectivity index is 1.94. The predicted octanol–water partition coefficient (Wildman–Crippen LogP) is 1.40. The molecule has 1 aromatic heterocycles. The molecule has 0 amide bonds. The molecular formula is C13H23N3O2. The molecule has 1 fully saturated rings. The van der Waals surface area contributed by atoms with Gasteiger partial charge in [-0.25, -0.2) is 4.68 Å². The van der Waals surface area contributed by atoms with Crippen LogP contribution in [0, 0.1) is 6.92 Å². The summed E-state index contributed by atoms with van der Waals surface area (Å²) in [5.74, 6) is 0.833. The minimum absolute atomic E-state index is 0.0589. The molecular weight excluding hydrogens is 230 g/mol. The lowest BCUT2D eigenvalue weighted by Crippen LogP contribution is -2.47. The summed E-state index contributed by atoms with van der Waals surface area (Å²) >= 11 is 0. The van der Waals surface area contributed by atoms with Crippen molar-refractivity contribution in [2.75, 3.05) is 20.8 Å². The highest BCUT2D eigenvalue weighted by atomic mass is 16.5. The number of nitrogens with zero attached hydrogens (tertiary/aromatic N) is 2. The average Bonchev–Trinajstić information content (AvgIpc) is 2.57. The van der Waals surface area contributed by atoms with Crippen molar-refractivity contribution in [2.45, 2.75) is 38.3 Å². The van der Waals surface area contributed by atoms with E-state index in [1.54, 1.807) is 18.9 Å². The first-order chi connectivity index (χ1) is 8.62. The molecule has 0 saturated heterocycles. The van der Waals surface area contributed by atoms with E-state index >= 15 is 0 Å². The minimum Gasteiger partial charge on any atom is -0.481 e. The lowest BCUT2D eigenvalue weighted by molar-refractivity contribution is -0.0695. The molecule has 1 aromatic rings. The topological polar surface area (TPSA) is 48.3 Å². The van der Waals surface area contributed by atoms with E-state index in [9.17, 15) is 0 Å². The fourth-order valence-electron chi connectivity index (χ4n) is 2.58. The van der Waals surface area contributed by atoms with Crippen molar-refractivity contribution in [1.29, 1.82) is 0 Å². The Labute approximate surface area is 108 Å². The molecule has 0 aliphatic heterocycles. The fourth-order valence-corrected chi connectivity index (χ4v) is 2.58. The van der Waals surface area contributed by atoms with Crippen LogP contribution in [0.15, 0.2) is 0 Å². The molecule has 102 valence electrons. The van der Waals surface area contributed by atoms with Gasteiger partial charge in [-0.2, -0.15) is 5.10 Å². The molecule has 0 atom stereocenters. The zero-order valence-electron chi connectivity index (χ0n) is 11.7. The molecule has 1 aliphatic carbocycles. The molecule has 0 aromatic carbocycles. The summed E-state index contributed by atoms with van der Waals surface area (Å²) < 4.78 is 12.7. The first-order valence-electron chi connectivity index (χ1n) is 6.44. The van der Waals surface area contributed by atoms with E-state index in [1.807, 2.05) is 14.0 Å². The van der Waals surface area contributed by atoms with Crippen molar-refractivity contribution in [3.63, 3.8) is 0 Å². The molecule has 5 nitrogen and oxygen atoms in total. The maximum absolute atomic E-state index is 5.59. The summed E-state index contributed by atoms with van der Waals surface area (Å²) in [4.78, 5) is 0. The van der Waals surface area contributed by atoms with Crippen LogP contribution in [0.4, 0.5) is 0 Å². The monoisotopic (exact) mass is 253 g/mol. The summed E-state index contributed by atoms with van der Waals surface area (Å²) in [6, 6.07) is 0. The normalized spacial score (nSPS) is 17.6. The number of ether oxygens (including phenoxy) is 2. The fraction of sp³-hybridized carbons (Fsp3) is 0.769. The number of aryl methyl sites for hydroxylation is 2. The Hall–Kier alpha value is -1.07. The Morgan fingerprint density at radius 1 is 1.39 bits per heavy atom. The largest absolute Gasteiger partial charge is 0.481 e. The van der Waals surface area contributed by atoms with E-state index in [0.717, 1.165) is 43.1 Å². The highest BCUT2D eigenvalue weighted by Gasteiger charge is 2.36. The molecule has 1 N–H and O–H groups in total. The Kier molecular flexibility index (Phi) is 3.92. The van der Waals surface area contributed by atoms with Gasteiger partial charge in [-0.15, -0.1) is 0 Å². The Morgan fingerprint density at radius 2 is 2.11 bits per heavy atom. The van der Waals surface area contributed by atoms with Crippen molar-refractivity contribution in [3.8, 4) is 5.88 Å². The first kappa shape index (κ1) is 13.4. The maximum atomic E-state index is 5.59. The molecule has 5 heteroatoms. The Morgan fingerprint density at radius 3 is 2.61 bits per heavy atom. The summed E-state index contributed by atoms with van der Waals surface area (Å²) in [5.41, 5.74) is 2.20. The zero-order valence-corrected chi connectivity index (χ0v) is 11.7. The van der Waals surface area contributed by atoms with Gasteiger partial charge in [-0.1, -0.05) is 0 Å². The highest BCUT2D eigenvalue weighted by Crippen LogP contribution is 2.34. The highest BCUT2D eigenvalue weighted by molar-refractivity contribution is 5.30. The SMILES string of the molecule is COc1c(CNCC2(OC)CCC2)c(C)nn1C. The van der Waals surface area contributed by atoms with Gasteiger partial charge in [0.05, 0.1) is 24.0 Å². The van der Waals surface area contributed by atoms with Crippen LogP contribution in [0.5, 0.6) is 5.88 Å². The van der Waals surface area contributed by atoms with E-state index in [0.29, 0.717) is 0 Å². The van der Waals surface area contributed by atoms with Gasteiger partial charge in [0.2, 0.25) is 5.88 Å². The van der Waals surface area contributed by atoms with Crippen LogP contribution in [0.1, 0.15) is 30.5 Å². The van der Waals surface area contributed by atoms with Crippen LogP contribution >= 0.6 is 0 Å². The van der Waals surface area contributed by atoms with Gasteiger partial charge in [0.25, 0.3) is 0 Å². The third kappa shape index (κ3) is 2.37. The number of rotatable bonds is 6. The molecule has 1 heterocycles. The van der Waals surface area contributed by atoms with E-state index in [-0.39, 0.29) is 5.60 Å². The second-order valence-electron chi connectivity index (χ2n) is 5.04. The first-order valence-corrected chi connectivity index (χ1v) is 6.44. The summed E-state index contributed by atoms with van der Waals surface area (Å²) in [5, 5.41) is 7.84. The average molecular weight is 253 g/mol. The van der Waals surface area contributed by atoms with Gasteiger partial charge in [0.1, 0.15) is 0 Å². The van der Waals surface area contributed by atoms with Gasteiger partial charge in [0, 0.05) is 27.2 Å². The quantitative estimate of drug-likeness (QED) is 0.832. The third-order valence-electron chi connectivity index (χ3n) is 3.93. The molecule has 1 saturated carbocycles. The smallest absolute Gasteiger partial charge is 0.216 e. The van der Waals surface area contributed by atoms with Crippen LogP contribution in [-0.4, -0.2) is 36.1 Å². The minimum atomic E-state index is 0.0589. The van der Waals surface area contributed by atoms with E-state index < -0.39 is 0 Å². The summed E-state index contributed by atoms with van der Waals surface area (Å²) in [6.45, 7) is 3.67. The Bertz CT molecular complexity index is 405. The van der Waals surface area contributed by atoms with Crippen LogP contribution in [0.2, 0.25) is 0 Å². The van der Waals surface area contributed by atoms with Gasteiger partial charge >= 0.3 is 0 Å². The number of nitrogens with one attached hydrogen (secondary N) is 1. The third-order valence-corrected chi connectivity index (χ3v) is 3.93. The summed E-state index contributed by atoms with van der Waals surface area (Å²) in [7, 11) is 5.39. The van der Waals surface area contributed by atoms with E-state index in [4.69, 9.17) is 9.47 Å². The summed E-state index contributed by atoms with van der Waals surface area (Å²) in [6.07, 6.45) is 3.57. The maximum Gasteiger partial charge on any atom is 0.216 e. The van der Waals surface area contributed by atoms with E-state index in [2.05, 4.69) is 10.4 Å².